The van der Waals surface area contributed by atoms with E-state index < -0.39 is 0 Å². The van der Waals surface area contributed by atoms with Gasteiger partial charge in [-0.15, -0.1) is 0 Å². The lowest BCUT2D eigenvalue weighted by molar-refractivity contribution is 0.314. The molecule has 0 aliphatic heterocycles. The Morgan fingerprint density at radius 2 is 1.07 bits per heavy atom. The fourth-order valence-corrected chi connectivity index (χ4v) is 2.43. The van der Waals surface area contributed by atoms with Gasteiger partial charge in [-0.1, -0.05) is 0 Å². The Morgan fingerprint density at radius 1 is 0.667 bits per heavy atom. The third-order valence-electron chi connectivity index (χ3n) is 3.82. The van der Waals surface area contributed by atoms with Crippen LogP contribution in [0.1, 0.15) is 0 Å². The van der Waals surface area contributed by atoms with E-state index in [0.29, 0.717) is 22.9 Å². The van der Waals surface area contributed by atoms with Crippen molar-refractivity contribution in [3.8, 4) is 11.5 Å². The Kier molecular flexibility index (Phi) is 4.40. The third kappa shape index (κ3) is 3.56. The van der Waals surface area contributed by atoms with Gasteiger partial charge in [0.1, 0.15) is 11.5 Å². The molecule has 0 atom stereocenters. The first kappa shape index (κ1) is 16.6. The maximum atomic E-state index is 5.18. The monoisotopic (exact) mass is 364 g/mol. The molecule has 0 amide bonds. The van der Waals surface area contributed by atoms with Gasteiger partial charge in [0, 0.05) is 11.4 Å². The van der Waals surface area contributed by atoms with Gasteiger partial charge in [0.05, 0.1) is 14.2 Å². The van der Waals surface area contributed by atoms with Crippen molar-refractivity contribution in [3.05, 3.63) is 48.5 Å². The van der Waals surface area contributed by atoms with Crippen molar-refractivity contribution in [1.82, 2.24) is 20.3 Å². The van der Waals surface area contributed by atoms with Crippen molar-refractivity contribution in [1.29, 1.82) is 0 Å². The van der Waals surface area contributed by atoms with Crippen molar-refractivity contribution in [2.75, 3.05) is 24.9 Å². The molecule has 4 rings (SSSR count). The zero-order chi connectivity index (χ0) is 18.6. The van der Waals surface area contributed by atoms with E-state index in [2.05, 4.69) is 30.9 Å². The van der Waals surface area contributed by atoms with Gasteiger partial charge in [0.25, 0.3) is 0 Å². The molecule has 0 aliphatic carbocycles. The molecule has 2 heterocycles. The lowest BCUT2D eigenvalue weighted by atomic mass is 10.3. The van der Waals surface area contributed by atoms with Crippen molar-refractivity contribution in [3.63, 3.8) is 0 Å². The summed E-state index contributed by atoms with van der Waals surface area (Å²) < 4.78 is 15.1. The number of nitrogens with one attached hydrogen (secondary N) is 2. The number of rotatable bonds is 6. The van der Waals surface area contributed by atoms with Crippen molar-refractivity contribution >= 4 is 34.3 Å². The Hall–Kier alpha value is -3.88. The van der Waals surface area contributed by atoms with Gasteiger partial charge in [0.15, 0.2) is 11.6 Å². The number of fused-ring (bicyclic) bond motifs is 1. The molecular formula is C18H16N6O3. The van der Waals surface area contributed by atoms with Gasteiger partial charge >= 0.3 is 0 Å². The van der Waals surface area contributed by atoms with Crippen LogP contribution in [0.3, 0.4) is 0 Å². The quantitative estimate of drug-likeness (QED) is 0.531. The second kappa shape index (κ2) is 7.16. The van der Waals surface area contributed by atoms with Gasteiger partial charge in [-0.25, -0.2) is 14.6 Å². The summed E-state index contributed by atoms with van der Waals surface area (Å²) in [5, 5.41) is 14.0. The Bertz CT molecular complexity index is 964. The number of ether oxygens (including phenoxy) is 2. The number of aromatic nitrogens is 4. The maximum absolute atomic E-state index is 5.18. The molecule has 2 N–H and O–H groups in total. The Morgan fingerprint density at radius 3 is 1.44 bits per heavy atom. The lowest BCUT2D eigenvalue weighted by Gasteiger charge is -2.12. The van der Waals surface area contributed by atoms with Gasteiger partial charge < -0.3 is 20.1 Å². The second-order valence-corrected chi connectivity index (χ2v) is 5.54. The van der Waals surface area contributed by atoms with E-state index >= 15 is 0 Å². The van der Waals surface area contributed by atoms with E-state index in [-0.39, 0.29) is 0 Å². The molecule has 0 fully saturated rings. The molecule has 0 saturated heterocycles. The first-order chi connectivity index (χ1) is 13.2. The summed E-state index contributed by atoms with van der Waals surface area (Å²) in [5.41, 5.74) is 2.26. The zero-order valence-corrected chi connectivity index (χ0v) is 14.6. The minimum absolute atomic E-state index is 0.311. The van der Waals surface area contributed by atoms with E-state index in [4.69, 9.17) is 14.1 Å². The molecule has 9 nitrogen and oxygen atoms in total. The number of hydrogen-bond donors (Lipinski definition) is 2. The van der Waals surface area contributed by atoms with Crippen LogP contribution in [-0.2, 0) is 0 Å². The average Bonchev–Trinajstić information content (AvgIpc) is 3.16. The highest BCUT2D eigenvalue weighted by molar-refractivity contribution is 5.79. The lowest BCUT2D eigenvalue weighted by Crippen LogP contribution is -2.03. The number of benzene rings is 2. The highest BCUT2D eigenvalue weighted by atomic mass is 16.6. The summed E-state index contributed by atoms with van der Waals surface area (Å²) in [6, 6.07) is 14.9. The van der Waals surface area contributed by atoms with Crippen molar-refractivity contribution in [2.24, 2.45) is 0 Å². The topological polar surface area (TPSA) is 107 Å². The number of methoxy groups -OCH3 is 2. The number of anilines is 4. The van der Waals surface area contributed by atoms with Crippen LogP contribution in [-0.4, -0.2) is 34.5 Å². The molecule has 9 heteroatoms. The van der Waals surface area contributed by atoms with Crippen LogP contribution in [0.2, 0.25) is 0 Å². The van der Waals surface area contributed by atoms with Crippen LogP contribution in [0.25, 0.3) is 11.3 Å². The second-order valence-electron chi connectivity index (χ2n) is 5.54. The minimum Gasteiger partial charge on any atom is -0.497 e. The molecule has 0 spiro atoms. The summed E-state index contributed by atoms with van der Waals surface area (Å²) >= 11 is 0. The van der Waals surface area contributed by atoms with Gasteiger partial charge in [-0.3, -0.25) is 0 Å². The van der Waals surface area contributed by atoms with E-state index in [1.807, 2.05) is 48.5 Å². The highest BCUT2D eigenvalue weighted by Gasteiger charge is 2.13. The van der Waals surface area contributed by atoms with Gasteiger partial charge in [-0.05, 0) is 58.8 Å². The molecule has 4 aromatic rings. The van der Waals surface area contributed by atoms with E-state index in [1.165, 1.54) is 0 Å². The summed E-state index contributed by atoms with van der Waals surface area (Å²) in [7, 11) is 3.24. The Labute approximate surface area is 154 Å². The van der Waals surface area contributed by atoms with E-state index in [0.717, 1.165) is 22.9 Å². The predicted molar refractivity (Wildman–Crippen MR) is 99.9 cm³/mol. The van der Waals surface area contributed by atoms with Crippen LogP contribution >= 0.6 is 0 Å². The van der Waals surface area contributed by atoms with E-state index in [1.54, 1.807) is 14.2 Å². The first-order valence-electron chi connectivity index (χ1n) is 8.07. The van der Waals surface area contributed by atoms with Crippen LogP contribution in [0, 0.1) is 0 Å². The minimum atomic E-state index is 0.311. The van der Waals surface area contributed by atoms with Crippen LogP contribution in [0.15, 0.2) is 53.2 Å². The fourth-order valence-electron chi connectivity index (χ4n) is 2.43. The zero-order valence-electron chi connectivity index (χ0n) is 14.6. The standard InChI is InChI=1S/C18H16N6O3/c1-25-13-7-3-11(4-8-13)19-15-16(22-18-17(21-15)23-27-24-18)20-12-5-9-14(26-2)10-6-12/h3-10H,1-2H3,(H,19,21,23)(H,20,22,24). The molecule has 0 unspecified atom stereocenters. The Balaban J connectivity index is 1.67. The van der Waals surface area contributed by atoms with Crippen LogP contribution < -0.4 is 20.1 Å². The molecule has 0 bridgehead atoms. The summed E-state index contributed by atoms with van der Waals surface area (Å²) in [4.78, 5) is 8.89. The normalized spacial score (nSPS) is 10.6. The molecule has 136 valence electrons. The van der Waals surface area contributed by atoms with Gasteiger partial charge in [-0.2, -0.15) is 0 Å². The molecule has 2 aromatic carbocycles. The van der Waals surface area contributed by atoms with E-state index in [9.17, 15) is 0 Å². The third-order valence-corrected chi connectivity index (χ3v) is 3.82. The molecule has 27 heavy (non-hydrogen) atoms. The smallest absolute Gasteiger partial charge is 0.245 e. The largest absolute Gasteiger partial charge is 0.497 e. The molecule has 2 aromatic heterocycles. The fraction of sp³-hybridized carbons (Fsp3) is 0.111. The van der Waals surface area contributed by atoms with Crippen molar-refractivity contribution < 1.29 is 14.1 Å². The van der Waals surface area contributed by atoms with Gasteiger partial charge in [0.2, 0.25) is 11.3 Å². The SMILES string of the molecule is COc1ccc(Nc2nc3nonc3nc2Nc2ccc(OC)cc2)cc1. The molecule has 0 radical (unpaired) electrons. The predicted octanol–water partition coefficient (Wildman–Crippen LogP) is 3.52. The summed E-state index contributed by atoms with van der Waals surface area (Å²) in [6.45, 7) is 0. The highest BCUT2D eigenvalue weighted by Crippen LogP contribution is 2.28. The molecule has 0 aliphatic rings. The average molecular weight is 364 g/mol. The molecular weight excluding hydrogens is 348 g/mol. The van der Waals surface area contributed by atoms with Crippen molar-refractivity contribution in [2.45, 2.75) is 0 Å². The summed E-state index contributed by atoms with van der Waals surface area (Å²) in [6.07, 6.45) is 0. The van der Waals surface area contributed by atoms with Crippen LogP contribution in [0.5, 0.6) is 11.5 Å². The first-order valence-corrected chi connectivity index (χ1v) is 8.07. The van der Waals surface area contributed by atoms with Crippen LogP contribution in [0.4, 0.5) is 23.0 Å². The maximum Gasteiger partial charge on any atom is 0.245 e. The summed E-state index contributed by atoms with van der Waals surface area (Å²) in [5.74, 6) is 2.50. The number of nitrogens with zero attached hydrogens (tertiary/aromatic N) is 4. The number of hydrogen-bond acceptors (Lipinski definition) is 9. The molecule has 0 saturated carbocycles.